The number of hydrogen-bond acceptors (Lipinski definition) is 4. The monoisotopic (exact) mass is 399 g/mol. The molecule has 0 bridgehead atoms. The fraction of sp³-hybridized carbons (Fsp3) is 0.240. The van der Waals surface area contributed by atoms with Crippen LogP contribution in [-0.4, -0.2) is 28.4 Å². The number of ketones is 2. The van der Waals surface area contributed by atoms with Gasteiger partial charge in [-0.15, -0.1) is 0 Å². The van der Waals surface area contributed by atoms with Crippen molar-refractivity contribution in [3.63, 3.8) is 0 Å². The van der Waals surface area contributed by atoms with Crippen LogP contribution in [-0.2, 0) is 22.7 Å². The highest BCUT2D eigenvalue weighted by molar-refractivity contribution is 6.07. The highest BCUT2D eigenvalue weighted by atomic mass is 16.5. The average Bonchev–Trinajstić information content (AvgIpc) is 3.09. The zero-order valence-corrected chi connectivity index (χ0v) is 16.5. The van der Waals surface area contributed by atoms with Crippen LogP contribution in [0.4, 0.5) is 0 Å². The van der Waals surface area contributed by atoms with E-state index in [-0.39, 0.29) is 23.9 Å². The van der Waals surface area contributed by atoms with Crippen molar-refractivity contribution >= 4 is 28.2 Å². The fourth-order valence-electron chi connectivity index (χ4n) is 4.39. The smallest absolute Gasteiger partial charge is 0.255 e. The van der Waals surface area contributed by atoms with Gasteiger partial charge in [0.25, 0.3) is 5.91 Å². The van der Waals surface area contributed by atoms with Gasteiger partial charge in [0, 0.05) is 17.5 Å². The highest BCUT2D eigenvalue weighted by Crippen LogP contribution is 2.34. The second-order valence-electron chi connectivity index (χ2n) is 7.92. The zero-order valence-electron chi connectivity index (χ0n) is 16.5. The summed E-state index contributed by atoms with van der Waals surface area (Å²) in [5, 5.41) is 2.34. The van der Waals surface area contributed by atoms with Gasteiger partial charge in [-0.05, 0) is 41.0 Å². The van der Waals surface area contributed by atoms with Crippen molar-refractivity contribution in [1.29, 1.82) is 0 Å². The maximum Gasteiger partial charge on any atom is 0.255 e. The summed E-state index contributed by atoms with van der Waals surface area (Å²) >= 11 is 0. The Morgan fingerprint density at radius 3 is 2.60 bits per heavy atom. The Kier molecular flexibility index (Phi) is 4.58. The third kappa shape index (κ3) is 3.26. The fourth-order valence-corrected chi connectivity index (χ4v) is 4.39. The summed E-state index contributed by atoms with van der Waals surface area (Å²) in [7, 11) is 0. The van der Waals surface area contributed by atoms with Gasteiger partial charge in [-0.2, -0.15) is 0 Å². The van der Waals surface area contributed by atoms with Crippen LogP contribution in [0.2, 0.25) is 0 Å². The summed E-state index contributed by atoms with van der Waals surface area (Å²) in [6.07, 6.45) is 0.683. The SMILES string of the molecule is O=C1CCC(N2Cc3c(OCc4ccc5ccccc5c4)cccc3C2=O)C(=O)C1. The third-order valence-electron chi connectivity index (χ3n) is 5.98. The van der Waals surface area contributed by atoms with E-state index in [9.17, 15) is 14.4 Å². The lowest BCUT2D eigenvalue weighted by Gasteiger charge is -2.29. The molecule has 1 unspecified atom stereocenters. The van der Waals surface area contributed by atoms with E-state index < -0.39 is 6.04 Å². The summed E-state index contributed by atoms with van der Waals surface area (Å²) < 4.78 is 6.09. The number of hydrogen-bond donors (Lipinski definition) is 0. The molecule has 3 aromatic carbocycles. The van der Waals surface area contributed by atoms with E-state index in [1.54, 1.807) is 11.0 Å². The number of carbonyl (C=O) groups is 3. The Hall–Kier alpha value is -3.47. The number of amides is 1. The van der Waals surface area contributed by atoms with Gasteiger partial charge in [0.2, 0.25) is 0 Å². The second-order valence-corrected chi connectivity index (χ2v) is 7.92. The summed E-state index contributed by atoms with van der Waals surface area (Å²) in [6.45, 7) is 0.735. The minimum atomic E-state index is -0.518. The van der Waals surface area contributed by atoms with E-state index in [1.807, 2.05) is 30.3 Å². The minimum absolute atomic E-state index is 0.0418. The lowest BCUT2D eigenvalue weighted by atomic mass is 9.92. The van der Waals surface area contributed by atoms with Gasteiger partial charge in [0.15, 0.2) is 5.78 Å². The number of carbonyl (C=O) groups excluding carboxylic acids is 3. The molecule has 1 atom stereocenters. The van der Waals surface area contributed by atoms with Gasteiger partial charge in [-0.25, -0.2) is 0 Å². The van der Waals surface area contributed by atoms with Crippen molar-refractivity contribution in [1.82, 2.24) is 4.90 Å². The molecule has 1 amide bonds. The van der Waals surface area contributed by atoms with Crippen LogP contribution in [0.15, 0.2) is 60.7 Å². The molecule has 3 aromatic rings. The van der Waals surface area contributed by atoms with Gasteiger partial charge in [-0.1, -0.05) is 42.5 Å². The van der Waals surface area contributed by atoms with Gasteiger partial charge < -0.3 is 9.64 Å². The van der Waals surface area contributed by atoms with Crippen molar-refractivity contribution in [3.8, 4) is 5.75 Å². The third-order valence-corrected chi connectivity index (χ3v) is 5.98. The molecule has 5 nitrogen and oxygen atoms in total. The number of fused-ring (bicyclic) bond motifs is 2. The van der Waals surface area contributed by atoms with E-state index in [1.165, 1.54) is 5.39 Å². The molecule has 1 aliphatic carbocycles. The van der Waals surface area contributed by atoms with E-state index in [0.717, 1.165) is 16.5 Å². The summed E-state index contributed by atoms with van der Waals surface area (Å²) in [5.41, 5.74) is 2.44. The maximum atomic E-state index is 12.9. The van der Waals surface area contributed by atoms with Crippen LogP contribution < -0.4 is 4.74 Å². The van der Waals surface area contributed by atoms with E-state index in [0.29, 0.717) is 37.3 Å². The number of ether oxygens (including phenoxy) is 1. The van der Waals surface area contributed by atoms with Gasteiger partial charge in [0.05, 0.1) is 19.0 Å². The Balaban J connectivity index is 1.36. The molecule has 0 saturated heterocycles. The first-order chi connectivity index (χ1) is 14.6. The van der Waals surface area contributed by atoms with Crippen LogP contribution in [0.1, 0.15) is 40.7 Å². The van der Waals surface area contributed by atoms with Crippen LogP contribution >= 0.6 is 0 Å². The molecule has 0 spiro atoms. The Labute approximate surface area is 174 Å². The highest BCUT2D eigenvalue weighted by Gasteiger charge is 2.39. The molecule has 0 N–H and O–H groups in total. The quantitative estimate of drug-likeness (QED) is 0.621. The first-order valence-electron chi connectivity index (χ1n) is 10.2. The van der Waals surface area contributed by atoms with Crippen molar-refractivity contribution < 1.29 is 19.1 Å². The van der Waals surface area contributed by atoms with Crippen molar-refractivity contribution in [3.05, 3.63) is 77.4 Å². The molecule has 0 radical (unpaired) electrons. The second kappa shape index (κ2) is 7.41. The Bertz CT molecular complexity index is 1180. The molecule has 150 valence electrons. The summed E-state index contributed by atoms with van der Waals surface area (Å²) in [5.74, 6) is 0.301. The van der Waals surface area contributed by atoms with Crippen LogP contribution in [0.5, 0.6) is 5.75 Å². The Morgan fingerprint density at radius 2 is 1.77 bits per heavy atom. The van der Waals surface area contributed by atoms with E-state index in [2.05, 4.69) is 24.3 Å². The molecular weight excluding hydrogens is 378 g/mol. The normalized spacial score (nSPS) is 18.7. The van der Waals surface area contributed by atoms with Gasteiger partial charge in [-0.3, -0.25) is 14.4 Å². The lowest BCUT2D eigenvalue weighted by Crippen LogP contribution is -2.44. The zero-order chi connectivity index (χ0) is 20.7. The first-order valence-corrected chi connectivity index (χ1v) is 10.2. The van der Waals surface area contributed by atoms with Crippen molar-refractivity contribution in [2.45, 2.75) is 38.5 Å². The minimum Gasteiger partial charge on any atom is -0.489 e. The van der Waals surface area contributed by atoms with E-state index in [4.69, 9.17) is 4.74 Å². The predicted molar refractivity (Wildman–Crippen MR) is 112 cm³/mol. The molecule has 5 rings (SSSR count). The summed E-state index contributed by atoms with van der Waals surface area (Å²) in [6, 6.07) is 19.3. The molecular formula is C25H21NO4. The van der Waals surface area contributed by atoms with Gasteiger partial charge in [0.1, 0.15) is 18.1 Å². The van der Waals surface area contributed by atoms with E-state index >= 15 is 0 Å². The molecule has 2 aliphatic rings. The summed E-state index contributed by atoms with van der Waals surface area (Å²) in [4.78, 5) is 38.4. The molecule has 30 heavy (non-hydrogen) atoms. The number of Topliss-reactive ketones (excluding diaryl/α,β-unsaturated/α-hetero) is 2. The van der Waals surface area contributed by atoms with Crippen molar-refractivity contribution in [2.75, 3.05) is 0 Å². The topological polar surface area (TPSA) is 63.7 Å². The number of rotatable bonds is 4. The first kappa shape index (κ1) is 18.6. The largest absolute Gasteiger partial charge is 0.489 e. The molecule has 1 fully saturated rings. The average molecular weight is 399 g/mol. The van der Waals surface area contributed by atoms with Crippen LogP contribution in [0.25, 0.3) is 10.8 Å². The molecule has 1 saturated carbocycles. The standard InChI is InChI=1S/C25H21NO4/c27-19-10-11-22(23(28)13-19)26-14-21-20(25(26)29)6-3-7-24(21)30-15-16-8-9-17-4-1-2-5-18(17)12-16/h1-9,12,22H,10-11,13-15H2. The lowest BCUT2D eigenvalue weighted by molar-refractivity contribution is -0.133. The number of nitrogens with zero attached hydrogens (tertiary/aromatic N) is 1. The van der Waals surface area contributed by atoms with Gasteiger partial charge >= 0.3 is 0 Å². The van der Waals surface area contributed by atoms with Crippen LogP contribution in [0.3, 0.4) is 0 Å². The Morgan fingerprint density at radius 1 is 0.933 bits per heavy atom. The molecule has 5 heteroatoms. The predicted octanol–water partition coefficient (Wildman–Crippen LogP) is 4.07. The molecule has 0 aromatic heterocycles. The van der Waals surface area contributed by atoms with Crippen molar-refractivity contribution in [2.24, 2.45) is 0 Å². The number of benzene rings is 3. The maximum absolute atomic E-state index is 12.9. The van der Waals surface area contributed by atoms with Crippen LogP contribution in [0, 0.1) is 0 Å². The molecule has 1 aliphatic heterocycles. The molecule has 1 heterocycles.